The summed E-state index contributed by atoms with van der Waals surface area (Å²) in [5.74, 6) is -0.942. The smallest absolute Gasteiger partial charge is 0.377 e. The Kier molecular flexibility index (Phi) is 5.92. The number of hydrogen-bond acceptors (Lipinski definition) is 6. The largest absolute Gasteiger partial charge is 0.495 e. The Morgan fingerprint density at radius 1 is 1.33 bits per heavy atom. The third kappa shape index (κ3) is 4.32. The summed E-state index contributed by atoms with van der Waals surface area (Å²) >= 11 is 6.02. The van der Waals surface area contributed by atoms with E-state index in [0.29, 0.717) is 23.1 Å². The predicted octanol–water partition coefficient (Wildman–Crippen LogP) is 2.42. The maximum atomic E-state index is 12.2. The number of rotatable bonds is 5. The molecule has 0 saturated heterocycles. The normalized spacial score (nSPS) is 14.6. The molecule has 0 fully saturated rings. The first-order valence-electron chi connectivity index (χ1n) is 7.23. The second-order valence-corrected chi connectivity index (χ2v) is 5.45. The molecule has 1 aromatic rings. The minimum absolute atomic E-state index is 0.0687. The van der Waals surface area contributed by atoms with Crippen molar-refractivity contribution in [3.05, 3.63) is 34.7 Å². The summed E-state index contributed by atoms with van der Waals surface area (Å²) in [6.07, 6.45) is 0.131. The van der Waals surface area contributed by atoms with Crippen LogP contribution in [0.3, 0.4) is 0 Å². The van der Waals surface area contributed by atoms with Crippen molar-refractivity contribution in [1.29, 1.82) is 0 Å². The van der Waals surface area contributed by atoms with E-state index in [1.807, 2.05) is 0 Å². The predicted molar refractivity (Wildman–Crippen MR) is 86.9 cm³/mol. The third-order valence-electron chi connectivity index (χ3n) is 3.24. The molecule has 7 nitrogen and oxygen atoms in total. The van der Waals surface area contributed by atoms with E-state index in [1.54, 1.807) is 19.1 Å². The third-order valence-corrected chi connectivity index (χ3v) is 3.65. The molecule has 130 valence electrons. The molecule has 0 bridgehead atoms. The van der Waals surface area contributed by atoms with Crippen molar-refractivity contribution in [3.8, 4) is 5.75 Å². The number of carbonyl (C=O) groups excluding carboxylic acids is 2. The van der Waals surface area contributed by atoms with Crippen LogP contribution in [0.5, 0.6) is 5.75 Å². The van der Waals surface area contributed by atoms with Crippen molar-refractivity contribution in [2.24, 2.45) is 0 Å². The van der Waals surface area contributed by atoms with Gasteiger partial charge in [-0.2, -0.15) is 0 Å². The Morgan fingerprint density at radius 3 is 2.71 bits per heavy atom. The van der Waals surface area contributed by atoms with Crippen LogP contribution in [-0.4, -0.2) is 38.3 Å². The number of benzene rings is 1. The minimum atomic E-state index is -1.04. The number of esters is 1. The maximum absolute atomic E-state index is 12.2. The molecule has 2 rings (SSSR count). The summed E-state index contributed by atoms with van der Waals surface area (Å²) in [4.78, 5) is 24.1. The van der Waals surface area contributed by atoms with Gasteiger partial charge in [-0.15, -0.1) is 0 Å². The summed E-state index contributed by atoms with van der Waals surface area (Å²) in [5, 5.41) is 3.17. The quantitative estimate of drug-likeness (QED) is 0.817. The lowest BCUT2D eigenvalue weighted by atomic mass is 10.2. The van der Waals surface area contributed by atoms with Gasteiger partial charge < -0.3 is 24.3 Å². The molecule has 0 unspecified atom stereocenters. The molecular formula is C16H18ClNO6. The molecule has 1 aliphatic heterocycles. The zero-order chi connectivity index (χ0) is 17.7. The molecule has 0 aliphatic carbocycles. The van der Waals surface area contributed by atoms with Crippen molar-refractivity contribution in [2.45, 2.75) is 20.0 Å². The van der Waals surface area contributed by atoms with E-state index >= 15 is 0 Å². The van der Waals surface area contributed by atoms with Crippen LogP contribution in [0.2, 0.25) is 5.02 Å². The van der Waals surface area contributed by atoms with Crippen LogP contribution < -0.4 is 10.1 Å². The SMILES string of the molecule is COc1cc(Cl)c(C)cc1NC(=O)[C@@H](C)OC(=O)C1=COCCO1. The van der Waals surface area contributed by atoms with Gasteiger partial charge in [-0.25, -0.2) is 4.79 Å². The van der Waals surface area contributed by atoms with Crippen LogP contribution in [-0.2, 0) is 23.8 Å². The number of amides is 1. The van der Waals surface area contributed by atoms with E-state index in [0.717, 1.165) is 5.56 Å². The van der Waals surface area contributed by atoms with E-state index < -0.39 is 18.0 Å². The number of carbonyl (C=O) groups is 2. The van der Waals surface area contributed by atoms with Gasteiger partial charge in [0, 0.05) is 11.1 Å². The van der Waals surface area contributed by atoms with Gasteiger partial charge in [0.2, 0.25) is 5.76 Å². The molecule has 8 heteroatoms. The highest BCUT2D eigenvalue weighted by molar-refractivity contribution is 6.31. The lowest BCUT2D eigenvalue weighted by molar-refractivity contribution is -0.153. The van der Waals surface area contributed by atoms with Crippen LogP contribution >= 0.6 is 11.6 Å². The fraction of sp³-hybridized carbons (Fsp3) is 0.375. The monoisotopic (exact) mass is 355 g/mol. The highest BCUT2D eigenvalue weighted by atomic mass is 35.5. The second kappa shape index (κ2) is 7.92. The molecule has 0 spiro atoms. The van der Waals surface area contributed by atoms with E-state index in [-0.39, 0.29) is 12.4 Å². The average molecular weight is 356 g/mol. The van der Waals surface area contributed by atoms with Crippen molar-refractivity contribution in [2.75, 3.05) is 25.6 Å². The summed E-state index contributed by atoms with van der Waals surface area (Å²) in [5.41, 5.74) is 1.21. The highest BCUT2D eigenvalue weighted by Crippen LogP contribution is 2.31. The Balaban J connectivity index is 2.02. The number of anilines is 1. The maximum Gasteiger partial charge on any atom is 0.377 e. The molecule has 1 aliphatic rings. The minimum Gasteiger partial charge on any atom is -0.495 e. The van der Waals surface area contributed by atoms with Gasteiger partial charge in [-0.1, -0.05) is 11.6 Å². The molecule has 1 aromatic carbocycles. The lowest BCUT2D eigenvalue weighted by Gasteiger charge is -2.18. The van der Waals surface area contributed by atoms with Crippen LogP contribution in [0.1, 0.15) is 12.5 Å². The summed E-state index contributed by atoms with van der Waals surface area (Å²) in [7, 11) is 1.47. The second-order valence-electron chi connectivity index (χ2n) is 5.04. The van der Waals surface area contributed by atoms with Crippen LogP contribution in [0.4, 0.5) is 5.69 Å². The van der Waals surface area contributed by atoms with Crippen molar-refractivity contribution < 1.29 is 28.5 Å². The molecule has 0 aromatic heterocycles. The molecule has 0 radical (unpaired) electrons. The molecule has 1 atom stereocenters. The average Bonchev–Trinajstić information content (AvgIpc) is 2.58. The Morgan fingerprint density at radius 2 is 2.08 bits per heavy atom. The molecular weight excluding hydrogens is 338 g/mol. The highest BCUT2D eigenvalue weighted by Gasteiger charge is 2.24. The van der Waals surface area contributed by atoms with Gasteiger partial charge in [0.05, 0.1) is 12.8 Å². The van der Waals surface area contributed by atoms with E-state index in [1.165, 1.54) is 20.3 Å². The van der Waals surface area contributed by atoms with Crippen LogP contribution in [0.25, 0.3) is 0 Å². The summed E-state index contributed by atoms with van der Waals surface area (Å²) in [6.45, 7) is 3.87. The summed E-state index contributed by atoms with van der Waals surface area (Å²) in [6, 6.07) is 3.27. The van der Waals surface area contributed by atoms with Gasteiger partial charge >= 0.3 is 5.97 Å². The van der Waals surface area contributed by atoms with Crippen molar-refractivity contribution >= 4 is 29.2 Å². The molecule has 1 heterocycles. The Labute approximate surface area is 144 Å². The lowest BCUT2D eigenvalue weighted by Crippen LogP contribution is -2.31. The van der Waals surface area contributed by atoms with Crippen molar-refractivity contribution in [3.63, 3.8) is 0 Å². The first-order chi connectivity index (χ1) is 11.4. The number of ether oxygens (including phenoxy) is 4. The van der Waals surface area contributed by atoms with E-state index in [2.05, 4.69) is 5.32 Å². The molecule has 1 amide bonds. The number of methoxy groups -OCH3 is 1. The van der Waals surface area contributed by atoms with Gasteiger partial charge in [0.1, 0.15) is 25.2 Å². The molecule has 24 heavy (non-hydrogen) atoms. The van der Waals surface area contributed by atoms with Crippen molar-refractivity contribution in [1.82, 2.24) is 0 Å². The van der Waals surface area contributed by atoms with Gasteiger partial charge in [-0.05, 0) is 25.5 Å². The Hall–Kier alpha value is -2.41. The zero-order valence-electron chi connectivity index (χ0n) is 13.6. The first-order valence-corrected chi connectivity index (χ1v) is 7.60. The molecule has 0 saturated carbocycles. The molecule has 1 N–H and O–H groups in total. The van der Waals surface area contributed by atoms with Crippen LogP contribution in [0.15, 0.2) is 24.2 Å². The van der Waals surface area contributed by atoms with Gasteiger partial charge in [0.15, 0.2) is 6.10 Å². The Bertz CT molecular complexity index is 673. The topological polar surface area (TPSA) is 83.1 Å². The zero-order valence-corrected chi connectivity index (χ0v) is 14.3. The first kappa shape index (κ1) is 17.9. The number of hydrogen-bond donors (Lipinski definition) is 1. The van der Waals surface area contributed by atoms with Gasteiger partial charge in [0.25, 0.3) is 5.91 Å². The number of aryl methyl sites for hydroxylation is 1. The van der Waals surface area contributed by atoms with E-state index in [4.69, 9.17) is 30.5 Å². The number of nitrogens with one attached hydrogen (secondary N) is 1. The fourth-order valence-electron chi connectivity index (χ4n) is 1.91. The van der Waals surface area contributed by atoms with Crippen LogP contribution in [0, 0.1) is 6.92 Å². The summed E-state index contributed by atoms with van der Waals surface area (Å²) < 4.78 is 20.3. The van der Waals surface area contributed by atoms with Gasteiger partial charge in [-0.3, -0.25) is 4.79 Å². The fourth-order valence-corrected chi connectivity index (χ4v) is 2.07. The standard InChI is InChI=1S/C16H18ClNO6/c1-9-6-12(13(21-3)7-11(9)17)18-15(19)10(2)24-16(20)14-8-22-4-5-23-14/h6-8,10H,4-5H2,1-3H3,(H,18,19)/t10-/m1/s1. The van der Waals surface area contributed by atoms with E-state index in [9.17, 15) is 9.59 Å². The number of halogens is 1.